The van der Waals surface area contributed by atoms with Crippen molar-refractivity contribution in [1.82, 2.24) is 10.2 Å². The van der Waals surface area contributed by atoms with E-state index in [-0.39, 0.29) is 17.3 Å². The van der Waals surface area contributed by atoms with Crippen molar-refractivity contribution in [3.63, 3.8) is 0 Å². The predicted molar refractivity (Wildman–Crippen MR) is 162 cm³/mol. The molecular weight excluding hydrogens is 646 g/mol. The third-order valence-electron chi connectivity index (χ3n) is 6.22. The molecule has 7 nitrogen and oxygen atoms in total. The number of benzene rings is 3. The minimum Gasteiger partial charge on any atom is -0.354 e. The molecule has 0 aliphatic rings. The molecule has 3 rings (SSSR count). The number of nitrogens with zero attached hydrogens (tertiary/aromatic N) is 2. The number of carbonyl (C=O) groups excluding carboxylic acids is 2. The van der Waals surface area contributed by atoms with Gasteiger partial charge in [0.1, 0.15) is 12.6 Å². The van der Waals surface area contributed by atoms with E-state index in [2.05, 4.69) is 37.2 Å². The maximum absolute atomic E-state index is 13.9. The van der Waals surface area contributed by atoms with Crippen molar-refractivity contribution in [2.45, 2.75) is 51.1 Å². The largest absolute Gasteiger partial charge is 0.354 e. The summed E-state index contributed by atoms with van der Waals surface area (Å²) in [5.41, 5.74) is 2.06. The van der Waals surface area contributed by atoms with Crippen LogP contribution in [0.1, 0.15) is 37.8 Å². The first-order chi connectivity index (χ1) is 18.5. The summed E-state index contributed by atoms with van der Waals surface area (Å²) < 4.78 is 30.3. The van der Waals surface area contributed by atoms with Crippen LogP contribution in [0.25, 0.3) is 0 Å². The van der Waals surface area contributed by atoms with Crippen LogP contribution in [0, 0.1) is 6.92 Å². The van der Waals surface area contributed by atoms with Gasteiger partial charge in [-0.15, -0.1) is 0 Å². The third-order valence-corrected chi connectivity index (χ3v) is 9.00. The fourth-order valence-corrected chi connectivity index (χ4v) is 6.19. The number of aryl methyl sites for hydroxylation is 1. The number of carbonyl (C=O) groups is 2. The minimum atomic E-state index is -4.10. The van der Waals surface area contributed by atoms with Gasteiger partial charge >= 0.3 is 0 Å². The van der Waals surface area contributed by atoms with Crippen LogP contribution in [0.3, 0.4) is 0 Å². The zero-order chi connectivity index (χ0) is 28.6. The highest BCUT2D eigenvalue weighted by Gasteiger charge is 2.32. The van der Waals surface area contributed by atoms with Crippen LogP contribution in [0.5, 0.6) is 0 Å². The average Bonchev–Trinajstić information content (AvgIpc) is 2.90. The Balaban J connectivity index is 2.00. The fraction of sp³-hybridized carbons (Fsp3) is 0.310. The number of anilines is 1. The van der Waals surface area contributed by atoms with E-state index >= 15 is 0 Å². The third kappa shape index (κ3) is 8.40. The molecule has 39 heavy (non-hydrogen) atoms. The molecule has 1 unspecified atom stereocenters. The standard InChI is InChI=1S/C29H33Br2N3O4S/c1-4-5-16-32-29(36)22(3)33(19-23-8-6-9-24(30)17-23)28(35)20-34(26-11-7-10-25(31)18-26)39(37,38)27-14-12-21(2)13-15-27/h6-15,17-18,22H,4-5,16,19-20H2,1-3H3,(H,32,36). The van der Waals surface area contributed by atoms with Crippen molar-refractivity contribution in [1.29, 1.82) is 0 Å². The molecule has 10 heteroatoms. The Labute approximate surface area is 247 Å². The number of hydrogen-bond acceptors (Lipinski definition) is 4. The highest BCUT2D eigenvalue weighted by molar-refractivity contribution is 9.10. The summed E-state index contributed by atoms with van der Waals surface area (Å²) in [7, 11) is -4.10. The molecule has 1 N–H and O–H groups in total. The first-order valence-electron chi connectivity index (χ1n) is 12.7. The van der Waals surface area contributed by atoms with Crippen molar-refractivity contribution >= 4 is 59.4 Å². The van der Waals surface area contributed by atoms with Gasteiger partial charge in [0.05, 0.1) is 10.6 Å². The van der Waals surface area contributed by atoms with E-state index in [1.165, 1.54) is 17.0 Å². The molecule has 2 amide bonds. The van der Waals surface area contributed by atoms with Gasteiger partial charge in [-0.2, -0.15) is 0 Å². The zero-order valence-electron chi connectivity index (χ0n) is 22.2. The van der Waals surface area contributed by atoms with Crippen LogP contribution in [0.4, 0.5) is 5.69 Å². The average molecular weight is 679 g/mol. The van der Waals surface area contributed by atoms with Gasteiger partial charge in [0, 0.05) is 22.0 Å². The number of amides is 2. The molecule has 208 valence electrons. The smallest absolute Gasteiger partial charge is 0.264 e. The van der Waals surface area contributed by atoms with Crippen molar-refractivity contribution in [2.75, 3.05) is 17.4 Å². The van der Waals surface area contributed by atoms with E-state index in [1.807, 2.05) is 38.1 Å². The molecular formula is C29H33Br2N3O4S. The summed E-state index contributed by atoms with van der Waals surface area (Å²) in [6, 6.07) is 19.9. The molecule has 0 saturated heterocycles. The second-order valence-corrected chi connectivity index (χ2v) is 13.0. The lowest BCUT2D eigenvalue weighted by molar-refractivity contribution is -0.139. The molecule has 3 aromatic carbocycles. The minimum absolute atomic E-state index is 0.0739. The van der Waals surface area contributed by atoms with E-state index in [0.717, 1.165) is 32.7 Å². The molecule has 0 saturated carbocycles. The number of sulfonamides is 1. The Morgan fingerprint density at radius 2 is 1.59 bits per heavy atom. The fourth-order valence-electron chi connectivity index (χ4n) is 3.95. The summed E-state index contributed by atoms with van der Waals surface area (Å²) in [4.78, 5) is 28.4. The Hall–Kier alpha value is -2.69. The Morgan fingerprint density at radius 3 is 2.21 bits per heavy atom. The van der Waals surface area contributed by atoms with Crippen LogP contribution in [0.2, 0.25) is 0 Å². The number of unbranched alkanes of at least 4 members (excludes halogenated alkanes) is 1. The summed E-state index contributed by atoms with van der Waals surface area (Å²) >= 11 is 6.86. The first-order valence-corrected chi connectivity index (χ1v) is 15.7. The van der Waals surface area contributed by atoms with Crippen LogP contribution in [0.15, 0.2) is 86.6 Å². The maximum Gasteiger partial charge on any atom is 0.264 e. The molecule has 0 radical (unpaired) electrons. The second-order valence-electron chi connectivity index (χ2n) is 9.28. The lowest BCUT2D eigenvalue weighted by atomic mass is 10.1. The maximum atomic E-state index is 13.9. The number of halogens is 2. The molecule has 1 atom stereocenters. The number of nitrogens with one attached hydrogen (secondary N) is 1. The van der Waals surface area contributed by atoms with Crippen molar-refractivity contribution < 1.29 is 18.0 Å². The molecule has 0 fully saturated rings. The molecule has 0 aliphatic heterocycles. The van der Waals surface area contributed by atoms with E-state index in [9.17, 15) is 18.0 Å². The van der Waals surface area contributed by atoms with Crippen molar-refractivity contribution in [2.24, 2.45) is 0 Å². The predicted octanol–water partition coefficient (Wildman–Crippen LogP) is 6.05. The van der Waals surface area contributed by atoms with Gasteiger partial charge in [-0.25, -0.2) is 8.42 Å². The molecule has 0 spiro atoms. The molecule has 0 heterocycles. The van der Waals surface area contributed by atoms with Crippen LogP contribution < -0.4 is 9.62 Å². The second kappa shape index (κ2) is 14.1. The van der Waals surface area contributed by atoms with E-state index in [0.29, 0.717) is 16.7 Å². The van der Waals surface area contributed by atoms with E-state index in [4.69, 9.17) is 0 Å². The summed E-state index contributed by atoms with van der Waals surface area (Å²) in [5.74, 6) is -0.786. The highest BCUT2D eigenvalue weighted by Crippen LogP contribution is 2.27. The van der Waals surface area contributed by atoms with Gasteiger partial charge in [-0.1, -0.05) is 81.1 Å². The van der Waals surface area contributed by atoms with Gasteiger partial charge in [0.25, 0.3) is 10.0 Å². The summed E-state index contributed by atoms with van der Waals surface area (Å²) in [5, 5.41) is 2.89. The Bertz CT molecular complexity index is 1400. The SMILES string of the molecule is CCCCNC(=O)C(C)N(Cc1cccc(Br)c1)C(=O)CN(c1cccc(Br)c1)S(=O)(=O)c1ccc(C)cc1. The van der Waals surface area contributed by atoms with Crippen molar-refractivity contribution in [3.8, 4) is 0 Å². The molecule has 0 aliphatic carbocycles. The normalized spacial score (nSPS) is 12.0. The van der Waals surface area contributed by atoms with Gasteiger partial charge < -0.3 is 10.2 Å². The molecule has 3 aromatic rings. The topological polar surface area (TPSA) is 86.8 Å². The Morgan fingerprint density at radius 1 is 0.949 bits per heavy atom. The van der Waals surface area contributed by atoms with Gasteiger partial charge in [-0.05, 0) is 68.3 Å². The quantitative estimate of drug-likeness (QED) is 0.237. The lowest BCUT2D eigenvalue weighted by Gasteiger charge is -2.32. The zero-order valence-corrected chi connectivity index (χ0v) is 26.2. The number of rotatable bonds is 12. The van der Waals surface area contributed by atoms with Crippen molar-refractivity contribution in [3.05, 3.63) is 92.9 Å². The highest BCUT2D eigenvalue weighted by atomic mass is 79.9. The summed E-state index contributed by atoms with van der Waals surface area (Å²) in [6.45, 7) is 5.73. The van der Waals surface area contributed by atoms with E-state index in [1.54, 1.807) is 43.3 Å². The van der Waals surface area contributed by atoms with Crippen LogP contribution >= 0.6 is 31.9 Å². The first kappa shape index (κ1) is 30.8. The lowest BCUT2D eigenvalue weighted by Crippen LogP contribution is -2.51. The van der Waals surface area contributed by atoms with Crippen LogP contribution in [-0.4, -0.2) is 44.3 Å². The van der Waals surface area contributed by atoms with Gasteiger partial charge in [0.2, 0.25) is 11.8 Å². The molecule has 0 aromatic heterocycles. The summed E-state index contributed by atoms with van der Waals surface area (Å²) in [6.07, 6.45) is 1.75. The number of hydrogen-bond donors (Lipinski definition) is 1. The van der Waals surface area contributed by atoms with E-state index < -0.39 is 28.5 Å². The van der Waals surface area contributed by atoms with Gasteiger partial charge in [0.15, 0.2) is 0 Å². The van der Waals surface area contributed by atoms with Crippen LogP contribution in [-0.2, 0) is 26.2 Å². The monoisotopic (exact) mass is 677 g/mol. The Kier molecular flexibility index (Phi) is 11.1. The molecule has 0 bridgehead atoms. The van der Waals surface area contributed by atoms with Gasteiger partial charge in [-0.3, -0.25) is 13.9 Å².